The van der Waals surface area contributed by atoms with E-state index in [2.05, 4.69) is 5.32 Å². The average Bonchev–Trinajstić information content (AvgIpc) is 3.21. The molecule has 1 aliphatic rings. The smallest absolute Gasteiger partial charge is 0.257 e. The van der Waals surface area contributed by atoms with E-state index in [1.54, 1.807) is 15.9 Å². The number of hydrogen-bond donors (Lipinski definition) is 1. The van der Waals surface area contributed by atoms with Gasteiger partial charge >= 0.3 is 0 Å². The molecule has 3 rings (SSSR count). The second-order valence-corrected chi connectivity index (χ2v) is 6.12. The molecule has 1 saturated heterocycles. The number of hydrogen-bond acceptors (Lipinski definition) is 4. The van der Waals surface area contributed by atoms with Crippen LogP contribution in [0.2, 0.25) is 0 Å². The van der Waals surface area contributed by atoms with Crippen LogP contribution < -0.4 is 5.32 Å². The summed E-state index contributed by atoms with van der Waals surface area (Å²) in [6, 6.07) is 11.0. The monoisotopic (exact) mass is 355 g/mol. The fourth-order valence-corrected chi connectivity index (χ4v) is 2.86. The Bertz CT molecular complexity index is 750. The summed E-state index contributed by atoms with van der Waals surface area (Å²) in [6.45, 7) is 1.82. The summed E-state index contributed by atoms with van der Waals surface area (Å²) < 4.78 is 4.93. The Morgan fingerprint density at radius 1 is 0.962 bits per heavy atom. The third kappa shape index (κ3) is 4.50. The quantitative estimate of drug-likeness (QED) is 0.865. The molecule has 7 nitrogen and oxygen atoms in total. The predicted molar refractivity (Wildman–Crippen MR) is 94.3 cm³/mol. The van der Waals surface area contributed by atoms with Crippen molar-refractivity contribution in [3.63, 3.8) is 0 Å². The van der Waals surface area contributed by atoms with Crippen molar-refractivity contribution >= 4 is 17.7 Å². The maximum absolute atomic E-state index is 12.3. The van der Waals surface area contributed by atoms with E-state index in [0.29, 0.717) is 31.7 Å². The number of carbonyl (C=O) groups excluding carboxylic acids is 3. The van der Waals surface area contributed by atoms with E-state index in [-0.39, 0.29) is 30.7 Å². The van der Waals surface area contributed by atoms with Gasteiger partial charge in [-0.05, 0) is 11.6 Å². The number of benzene rings is 1. The van der Waals surface area contributed by atoms with Crippen molar-refractivity contribution in [1.29, 1.82) is 0 Å². The second-order valence-electron chi connectivity index (χ2n) is 6.12. The van der Waals surface area contributed by atoms with Gasteiger partial charge in [-0.1, -0.05) is 30.3 Å². The topological polar surface area (TPSA) is 82.9 Å². The van der Waals surface area contributed by atoms with Crippen LogP contribution in [0.1, 0.15) is 15.9 Å². The molecule has 1 fully saturated rings. The summed E-state index contributed by atoms with van der Waals surface area (Å²) in [5.74, 6) is -0.415. The van der Waals surface area contributed by atoms with Crippen LogP contribution in [0.3, 0.4) is 0 Å². The number of carbonyl (C=O) groups is 3. The first kappa shape index (κ1) is 17.7. The summed E-state index contributed by atoms with van der Waals surface area (Å²) in [4.78, 5) is 39.8. The van der Waals surface area contributed by atoms with Gasteiger partial charge in [0.25, 0.3) is 5.91 Å². The van der Waals surface area contributed by atoms with Gasteiger partial charge in [0.2, 0.25) is 11.8 Å². The highest BCUT2D eigenvalue weighted by molar-refractivity contribution is 5.94. The first-order chi connectivity index (χ1) is 12.6. The fraction of sp³-hybridized carbons (Fsp3) is 0.316. The number of nitrogens with one attached hydrogen (secondary N) is 1. The number of nitrogens with zero attached hydrogens (tertiary/aromatic N) is 2. The zero-order chi connectivity index (χ0) is 18.4. The minimum absolute atomic E-state index is 0.0264. The van der Waals surface area contributed by atoms with E-state index in [9.17, 15) is 14.4 Å². The Morgan fingerprint density at radius 3 is 2.31 bits per heavy atom. The molecule has 0 bridgehead atoms. The molecule has 1 aliphatic heterocycles. The van der Waals surface area contributed by atoms with E-state index in [1.807, 2.05) is 30.3 Å². The van der Waals surface area contributed by atoms with Crippen LogP contribution in [0, 0.1) is 0 Å². The third-order valence-electron chi connectivity index (χ3n) is 4.33. The van der Waals surface area contributed by atoms with Crippen molar-refractivity contribution in [3.8, 4) is 0 Å². The van der Waals surface area contributed by atoms with Crippen molar-refractivity contribution in [2.45, 2.75) is 6.42 Å². The molecule has 0 atom stereocenters. The number of amides is 3. The van der Waals surface area contributed by atoms with Gasteiger partial charge in [0.15, 0.2) is 0 Å². The summed E-state index contributed by atoms with van der Waals surface area (Å²) in [5.41, 5.74) is 1.42. The van der Waals surface area contributed by atoms with E-state index >= 15 is 0 Å². The van der Waals surface area contributed by atoms with Gasteiger partial charge in [0.05, 0.1) is 24.8 Å². The van der Waals surface area contributed by atoms with Crippen molar-refractivity contribution < 1.29 is 18.8 Å². The molecule has 2 aromatic rings. The average molecular weight is 355 g/mol. The van der Waals surface area contributed by atoms with Crippen molar-refractivity contribution in [1.82, 2.24) is 15.1 Å². The van der Waals surface area contributed by atoms with Crippen LogP contribution in [0.15, 0.2) is 53.3 Å². The maximum atomic E-state index is 12.3. The normalized spacial score (nSPS) is 14.2. The van der Waals surface area contributed by atoms with E-state index in [0.717, 1.165) is 5.56 Å². The van der Waals surface area contributed by atoms with Crippen LogP contribution in [0.25, 0.3) is 0 Å². The fourth-order valence-electron chi connectivity index (χ4n) is 2.86. The number of furan rings is 1. The zero-order valence-electron chi connectivity index (χ0n) is 14.4. The van der Waals surface area contributed by atoms with Crippen LogP contribution in [-0.2, 0) is 16.0 Å². The molecule has 136 valence electrons. The van der Waals surface area contributed by atoms with E-state index < -0.39 is 0 Å². The van der Waals surface area contributed by atoms with E-state index in [1.165, 1.54) is 12.5 Å². The Labute approximate surface area is 151 Å². The molecule has 0 saturated carbocycles. The van der Waals surface area contributed by atoms with Gasteiger partial charge < -0.3 is 19.5 Å². The third-order valence-corrected chi connectivity index (χ3v) is 4.33. The molecular weight excluding hydrogens is 334 g/mol. The molecule has 0 unspecified atom stereocenters. The first-order valence-corrected chi connectivity index (χ1v) is 8.53. The minimum Gasteiger partial charge on any atom is -0.472 e. The van der Waals surface area contributed by atoms with Crippen LogP contribution in [0.4, 0.5) is 0 Å². The van der Waals surface area contributed by atoms with E-state index in [4.69, 9.17) is 4.42 Å². The van der Waals surface area contributed by atoms with Crippen LogP contribution in [0.5, 0.6) is 0 Å². The summed E-state index contributed by atoms with van der Waals surface area (Å²) >= 11 is 0. The highest BCUT2D eigenvalue weighted by atomic mass is 16.3. The number of piperazine rings is 1. The lowest BCUT2D eigenvalue weighted by atomic mass is 10.1. The largest absolute Gasteiger partial charge is 0.472 e. The number of rotatable bonds is 5. The van der Waals surface area contributed by atoms with Gasteiger partial charge in [0, 0.05) is 26.2 Å². The lowest BCUT2D eigenvalue weighted by Crippen LogP contribution is -2.52. The molecule has 26 heavy (non-hydrogen) atoms. The van der Waals surface area contributed by atoms with Crippen LogP contribution >= 0.6 is 0 Å². The standard InChI is InChI=1S/C19H21N3O4/c23-17(12-15-4-2-1-3-5-15)20-13-18(24)21-7-9-22(10-8-21)19(25)16-6-11-26-14-16/h1-6,11,14H,7-10,12-13H2,(H,20,23). The van der Waals surface area contributed by atoms with Crippen LogP contribution in [-0.4, -0.2) is 60.2 Å². The molecule has 3 amide bonds. The Hall–Kier alpha value is -3.09. The summed E-state index contributed by atoms with van der Waals surface area (Å²) in [7, 11) is 0. The minimum atomic E-state index is -0.182. The lowest BCUT2D eigenvalue weighted by molar-refractivity contribution is -0.133. The lowest BCUT2D eigenvalue weighted by Gasteiger charge is -2.34. The predicted octanol–water partition coefficient (Wildman–Crippen LogP) is 0.923. The molecule has 1 N–H and O–H groups in total. The molecule has 1 aromatic heterocycles. The highest BCUT2D eigenvalue weighted by Crippen LogP contribution is 2.09. The molecule has 7 heteroatoms. The van der Waals surface area contributed by atoms with Gasteiger partial charge in [0.1, 0.15) is 6.26 Å². The highest BCUT2D eigenvalue weighted by Gasteiger charge is 2.25. The van der Waals surface area contributed by atoms with Crippen molar-refractivity contribution in [3.05, 3.63) is 60.1 Å². The van der Waals surface area contributed by atoms with Gasteiger partial charge in [-0.15, -0.1) is 0 Å². The SMILES string of the molecule is O=C(Cc1ccccc1)NCC(=O)N1CCN(C(=O)c2ccoc2)CC1. The summed E-state index contributed by atoms with van der Waals surface area (Å²) in [5, 5.41) is 2.66. The van der Waals surface area contributed by atoms with Gasteiger partial charge in [-0.25, -0.2) is 0 Å². The zero-order valence-corrected chi connectivity index (χ0v) is 14.4. The maximum Gasteiger partial charge on any atom is 0.257 e. The van der Waals surface area contributed by atoms with Crippen molar-refractivity contribution in [2.75, 3.05) is 32.7 Å². The Morgan fingerprint density at radius 2 is 1.65 bits per heavy atom. The molecule has 0 radical (unpaired) electrons. The summed E-state index contributed by atoms with van der Waals surface area (Å²) in [6.07, 6.45) is 3.13. The molecule has 0 spiro atoms. The first-order valence-electron chi connectivity index (χ1n) is 8.53. The Kier molecular flexibility index (Phi) is 5.68. The van der Waals surface area contributed by atoms with Gasteiger partial charge in [-0.2, -0.15) is 0 Å². The molecule has 0 aliphatic carbocycles. The molecule has 2 heterocycles. The second kappa shape index (κ2) is 8.33. The molecule has 1 aromatic carbocycles. The van der Waals surface area contributed by atoms with Crippen molar-refractivity contribution in [2.24, 2.45) is 0 Å². The molecular formula is C19H21N3O4. The Balaban J connectivity index is 1.41. The van der Waals surface area contributed by atoms with Gasteiger partial charge in [-0.3, -0.25) is 14.4 Å².